The Bertz CT molecular complexity index is 696. The Hall–Kier alpha value is -0.430. The van der Waals surface area contributed by atoms with Crippen molar-refractivity contribution >= 4 is 28.6 Å². The zero-order chi connectivity index (χ0) is 22.3. The highest BCUT2D eigenvalue weighted by Gasteiger charge is 2.34. The van der Waals surface area contributed by atoms with Gasteiger partial charge < -0.3 is 9.79 Å². The average Bonchev–Trinajstić information content (AvgIpc) is 2.59. The molecule has 0 saturated carbocycles. The molecule has 10 heteroatoms. The van der Waals surface area contributed by atoms with Gasteiger partial charge in [0.15, 0.2) is 0 Å². The molecule has 0 spiro atoms. The van der Waals surface area contributed by atoms with Crippen molar-refractivity contribution in [2.75, 3.05) is 6.61 Å². The summed E-state index contributed by atoms with van der Waals surface area (Å²) in [6, 6.07) is 0. The van der Waals surface area contributed by atoms with E-state index in [0.717, 1.165) is 44.1 Å². The molecule has 2 N–H and O–H groups in total. The molecule has 0 heterocycles. The van der Waals surface area contributed by atoms with Gasteiger partial charge in [-0.15, -0.1) is 0 Å². The highest BCUT2D eigenvalue weighted by molar-refractivity contribution is 7.81. The smallest absolute Gasteiger partial charge is 0.302 e. The number of hydrogen-bond acceptors (Lipinski definition) is 6. The average molecular weight is 501 g/mol. The van der Waals surface area contributed by atoms with Crippen LogP contribution < -0.4 is 0 Å². The molecule has 0 aromatic heterocycles. The van der Waals surface area contributed by atoms with Crippen molar-refractivity contribution < 1.29 is 31.7 Å². The number of unbranched alkanes of at least 4 members (excludes halogenated alkanes) is 1. The van der Waals surface area contributed by atoms with Crippen LogP contribution >= 0.6 is 28.6 Å². The maximum atomic E-state index is 11.5. The minimum Gasteiger partial charge on any atom is -0.302 e. The summed E-state index contributed by atoms with van der Waals surface area (Å²) in [5.74, 6) is 0. The zero-order valence-corrected chi connectivity index (χ0v) is 20.3. The second-order valence-corrected chi connectivity index (χ2v) is 10.3. The van der Waals surface area contributed by atoms with Crippen LogP contribution in [0.5, 0.6) is 0 Å². The second-order valence-electron chi connectivity index (χ2n) is 6.90. The fourth-order valence-corrected chi connectivity index (χ4v) is 4.09. The first kappa shape index (κ1) is 35.2. The van der Waals surface area contributed by atoms with Crippen LogP contribution in [0.3, 0.4) is 0 Å². The Balaban J connectivity index is -0.00000392. The molecular formula is C21H42O7P2S. The number of allylic oxidation sites excluding steroid dienone is 7. The quantitative estimate of drug-likeness (QED) is 0.0686. The molecule has 0 bridgehead atoms. The fraction of sp³-hybridized carbons (Fsp3) is 0.619. The lowest BCUT2D eigenvalue weighted by Crippen LogP contribution is -1.95. The maximum absolute atomic E-state index is 11.5. The summed E-state index contributed by atoms with van der Waals surface area (Å²) >= 11 is 3.09. The van der Waals surface area contributed by atoms with E-state index in [9.17, 15) is 14.0 Å². The normalized spacial score (nSPS) is 16.1. The first-order valence-corrected chi connectivity index (χ1v) is 12.8. The van der Waals surface area contributed by atoms with E-state index in [1.807, 2.05) is 6.92 Å². The van der Waals surface area contributed by atoms with Crippen LogP contribution in [0.15, 0.2) is 47.1 Å². The molecule has 0 radical (unpaired) electrons. The Labute approximate surface area is 195 Å². The van der Waals surface area contributed by atoms with Gasteiger partial charge in [-0.05, 0) is 79.1 Å². The summed E-state index contributed by atoms with van der Waals surface area (Å²) in [4.78, 5) is 18.3. The molecule has 0 fully saturated rings. The van der Waals surface area contributed by atoms with Gasteiger partial charge in [-0.25, -0.2) is 13.1 Å². The number of hydrogen-bond donors (Lipinski definition) is 3. The van der Waals surface area contributed by atoms with Gasteiger partial charge in [0.2, 0.25) is 0 Å². The standard InChI is InChI=1S/C19H34O7P2S.2CH4/c1-17(2)11-8-6-5-7-9-12-18(3)13-10-14-19(4)15-16-24-27(20,21)25-28(22,23)26-29;;/h5,7,11,13,15,29H,6,8-10,12,14,16H2,1-4H3,(H,20,21)(H,22,23);2*1H4/b7-5?,18-13-,19-15-;;. The first-order chi connectivity index (χ1) is 13.5. The molecule has 2 atom stereocenters. The summed E-state index contributed by atoms with van der Waals surface area (Å²) in [5.41, 5.74) is 3.64. The highest BCUT2D eigenvalue weighted by Crippen LogP contribution is 2.60. The minimum atomic E-state index is -4.72. The SMILES string of the molecule is C.C.CC(C)=CCCC=CCC/C(C)=C\CC/C(C)=C\COP(=O)(O)OP(=O)(O)OS. The molecular weight excluding hydrogens is 458 g/mol. The van der Waals surface area contributed by atoms with E-state index in [1.165, 1.54) is 11.1 Å². The molecule has 0 aliphatic heterocycles. The van der Waals surface area contributed by atoms with Gasteiger partial charge >= 0.3 is 15.6 Å². The molecule has 0 aliphatic carbocycles. The summed E-state index contributed by atoms with van der Waals surface area (Å²) in [6.45, 7) is 7.97. The third-order valence-electron chi connectivity index (χ3n) is 3.77. The topological polar surface area (TPSA) is 102 Å². The van der Waals surface area contributed by atoms with Gasteiger partial charge in [0.05, 0.1) is 6.61 Å². The van der Waals surface area contributed by atoms with Crippen LogP contribution in [0.4, 0.5) is 0 Å². The van der Waals surface area contributed by atoms with E-state index < -0.39 is 15.6 Å². The Morgan fingerprint density at radius 2 is 1.35 bits per heavy atom. The van der Waals surface area contributed by atoms with E-state index in [1.54, 1.807) is 6.08 Å². The van der Waals surface area contributed by atoms with Crippen molar-refractivity contribution in [1.29, 1.82) is 0 Å². The fourth-order valence-electron chi connectivity index (χ4n) is 2.21. The number of thiol groups is 1. The summed E-state index contributed by atoms with van der Waals surface area (Å²) in [6.07, 6.45) is 16.3. The van der Waals surface area contributed by atoms with Crippen molar-refractivity contribution in [1.82, 2.24) is 0 Å². The van der Waals surface area contributed by atoms with Crippen molar-refractivity contribution in [3.63, 3.8) is 0 Å². The molecule has 0 aliphatic rings. The van der Waals surface area contributed by atoms with Gasteiger partial charge in [0.1, 0.15) is 0 Å². The lowest BCUT2D eigenvalue weighted by Gasteiger charge is -2.13. The third-order valence-corrected chi connectivity index (χ3v) is 6.72. The molecule has 0 saturated heterocycles. The van der Waals surface area contributed by atoms with Crippen LogP contribution in [0.1, 0.15) is 81.1 Å². The molecule has 2 unspecified atom stereocenters. The lowest BCUT2D eigenvalue weighted by molar-refractivity contribution is 0.197. The van der Waals surface area contributed by atoms with Crippen molar-refractivity contribution in [3.05, 3.63) is 47.1 Å². The van der Waals surface area contributed by atoms with Gasteiger partial charge in [0, 0.05) is 0 Å². The van der Waals surface area contributed by atoms with E-state index in [0.29, 0.717) is 0 Å². The number of phosphoric acid groups is 2. The molecule has 31 heavy (non-hydrogen) atoms. The summed E-state index contributed by atoms with van der Waals surface area (Å²) in [7, 11) is -9.43. The Morgan fingerprint density at radius 1 is 0.806 bits per heavy atom. The minimum absolute atomic E-state index is 0. The van der Waals surface area contributed by atoms with Crippen LogP contribution in [0.25, 0.3) is 0 Å². The largest absolute Gasteiger partial charge is 0.492 e. The van der Waals surface area contributed by atoms with Crippen molar-refractivity contribution in [3.8, 4) is 0 Å². The van der Waals surface area contributed by atoms with Crippen LogP contribution in [0.2, 0.25) is 0 Å². The van der Waals surface area contributed by atoms with Crippen LogP contribution in [-0.4, -0.2) is 16.4 Å². The van der Waals surface area contributed by atoms with E-state index in [4.69, 9.17) is 4.89 Å². The van der Waals surface area contributed by atoms with Crippen LogP contribution in [0, 0.1) is 0 Å². The van der Waals surface area contributed by atoms with Gasteiger partial charge in [-0.1, -0.05) is 62.0 Å². The van der Waals surface area contributed by atoms with Crippen molar-refractivity contribution in [2.45, 2.75) is 81.1 Å². The van der Waals surface area contributed by atoms with Crippen LogP contribution in [-0.2, 0) is 21.9 Å². The molecule has 7 nitrogen and oxygen atoms in total. The lowest BCUT2D eigenvalue weighted by atomic mass is 10.1. The third kappa shape index (κ3) is 22.6. The van der Waals surface area contributed by atoms with E-state index >= 15 is 0 Å². The highest BCUT2D eigenvalue weighted by atomic mass is 32.1. The summed E-state index contributed by atoms with van der Waals surface area (Å²) < 4.78 is 35.0. The van der Waals surface area contributed by atoms with E-state index in [-0.39, 0.29) is 21.5 Å². The molecule has 0 rings (SSSR count). The van der Waals surface area contributed by atoms with Gasteiger partial charge in [-0.2, -0.15) is 4.31 Å². The van der Waals surface area contributed by atoms with Gasteiger partial charge in [-0.3, -0.25) is 4.52 Å². The predicted molar refractivity (Wildman–Crippen MR) is 134 cm³/mol. The van der Waals surface area contributed by atoms with E-state index in [2.05, 4.69) is 70.8 Å². The maximum Gasteiger partial charge on any atom is 0.492 e. The zero-order valence-electron chi connectivity index (χ0n) is 17.6. The Kier molecular flexibility index (Phi) is 21.6. The predicted octanol–water partition coefficient (Wildman–Crippen LogP) is 8.11. The molecule has 0 amide bonds. The second kappa shape index (κ2) is 19.1. The molecule has 0 aromatic carbocycles. The monoisotopic (exact) mass is 500 g/mol. The molecule has 0 aromatic rings. The number of phosphoric ester groups is 1. The first-order valence-electron chi connectivity index (χ1n) is 9.41. The summed E-state index contributed by atoms with van der Waals surface area (Å²) in [5, 5.41) is 0. The number of rotatable bonds is 15. The Morgan fingerprint density at radius 3 is 1.94 bits per heavy atom. The molecule has 184 valence electrons. The van der Waals surface area contributed by atoms with Crippen molar-refractivity contribution in [2.24, 2.45) is 0 Å². The van der Waals surface area contributed by atoms with Gasteiger partial charge in [0.25, 0.3) is 0 Å².